The van der Waals surface area contributed by atoms with E-state index in [1.807, 2.05) is 12.1 Å². The number of hydrogen-bond acceptors (Lipinski definition) is 3. The molecule has 1 atom stereocenters. The third-order valence-electron chi connectivity index (χ3n) is 3.45. The van der Waals surface area contributed by atoms with Gasteiger partial charge in [-0.05, 0) is 42.9 Å². The second kappa shape index (κ2) is 6.48. The molecule has 1 aromatic carbocycles. The second-order valence-corrected chi connectivity index (χ2v) is 6.15. The number of carboxylic acid groups (broad SMARTS) is 1. The highest BCUT2D eigenvalue weighted by atomic mass is 79.9. The monoisotopic (exact) mass is 342 g/mol. The first-order valence-corrected chi connectivity index (χ1v) is 7.52. The number of benzene rings is 1. The molecule has 1 aliphatic carbocycles. The number of ether oxygens (including phenoxy) is 2. The van der Waals surface area contributed by atoms with E-state index in [0.29, 0.717) is 30.4 Å². The Morgan fingerprint density at radius 1 is 1.45 bits per heavy atom. The summed E-state index contributed by atoms with van der Waals surface area (Å²) in [5.74, 6) is 0.795. The van der Waals surface area contributed by atoms with E-state index >= 15 is 0 Å². The summed E-state index contributed by atoms with van der Waals surface area (Å²) in [5, 5.41) is 9.00. The summed E-state index contributed by atoms with van der Waals surface area (Å²) in [6, 6.07) is 3.72. The van der Waals surface area contributed by atoms with Crippen LogP contribution in [-0.2, 0) is 11.2 Å². The number of carboxylic acids is 1. The summed E-state index contributed by atoms with van der Waals surface area (Å²) in [6.07, 6.45) is 2.92. The number of halogens is 1. The molecule has 0 aromatic heterocycles. The predicted octanol–water partition coefficient (Wildman–Crippen LogP) is 3.51. The minimum absolute atomic E-state index is 0.436. The molecule has 0 bridgehead atoms. The standard InChI is InChI=1S/C15H19BrO4/c1-9(15(17)18)5-11-6-13(19-2)14(7-12(11)16)20-8-10-3-4-10/h6-7,9-10H,3-5,8H2,1-2H3,(H,17,18). The Morgan fingerprint density at radius 2 is 2.15 bits per heavy atom. The number of hydrogen-bond donors (Lipinski definition) is 1. The van der Waals surface area contributed by atoms with Crippen molar-refractivity contribution < 1.29 is 19.4 Å². The predicted molar refractivity (Wildman–Crippen MR) is 79.4 cm³/mol. The highest BCUT2D eigenvalue weighted by Crippen LogP contribution is 2.36. The van der Waals surface area contributed by atoms with Crippen molar-refractivity contribution in [3.63, 3.8) is 0 Å². The number of methoxy groups -OCH3 is 1. The fourth-order valence-electron chi connectivity index (χ4n) is 1.92. The van der Waals surface area contributed by atoms with Crippen LogP contribution in [0.5, 0.6) is 11.5 Å². The van der Waals surface area contributed by atoms with E-state index in [4.69, 9.17) is 14.6 Å². The molecular weight excluding hydrogens is 324 g/mol. The van der Waals surface area contributed by atoms with Gasteiger partial charge in [-0.2, -0.15) is 0 Å². The lowest BCUT2D eigenvalue weighted by Gasteiger charge is -2.15. The summed E-state index contributed by atoms with van der Waals surface area (Å²) < 4.78 is 12.0. The lowest BCUT2D eigenvalue weighted by molar-refractivity contribution is -0.141. The molecule has 2 rings (SSSR count). The van der Waals surface area contributed by atoms with Crippen LogP contribution in [0.2, 0.25) is 0 Å². The quantitative estimate of drug-likeness (QED) is 0.823. The minimum atomic E-state index is -0.801. The van der Waals surface area contributed by atoms with Crippen molar-refractivity contribution in [3.8, 4) is 11.5 Å². The van der Waals surface area contributed by atoms with E-state index in [1.165, 1.54) is 12.8 Å². The molecule has 0 saturated heterocycles. The fourth-order valence-corrected chi connectivity index (χ4v) is 2.40. The van der Waals surface area contributed by atoms with Gasteiger partial charge in [-0.25, -0.2) is 0 Å². The van der Waals surface area contributed by atoms with Crippen LogP contribution in [0.25, 0.3) is 0 Å². The smallest absolute Gasteiger partial charge is 0.306 e. The maximum Gasteiger partial charge on any atom is 0.306 e. The van der Waals surface area contributed by atoms with Gasteiger partial charge < -0.3 is 14.6 Å². The summed E-state index contributed by atoms with van der Waals surface area (Å²) in [7, 11) is 1.59. The SMILES string of the molecule is COc1cc(CC(C)C(=O)O)c(Br)cc1OCC1CC1. The highest BCUT2D eigenvalue weighted by Gasteiger charge is 2.23. The lowest BCUT2D eigenvalue weighted by atomic mass is 10.0. The Hall–Kier alpha value is -1.23. The minimum Gasteiger partial charge on any atom is -0.493 e. The summed E-state index contributed by atoms with van der Waals surface area (Å²) in [4.78, 5) is 10.9. The van der Waals surface area contributed by atoms with Crippen molar-refractivity contribution in [2.24, 2.45) is 11.8 Å². The third kappa shape index (κ3) is 3.88. The maximum atomic E-state index is 10.9. The van der Waals surface area contributed by atoms with Crippen LogP contribution in [0, 0.1) is 11.8 Å². The lowest BCUT2D eigenvalue weighted by Crippen LogP contribution is -2.12. The van der Waals surface area contributed by atoms with Crippen molar-refractivity contribution in [3.05, 3.63) is 22.2 Å². The van der Waals surface area contributed by atoms with Gasteiger partial charge in [0, 0.05) is 4.47 Å². The van der Waals surface area contributed by atoms with Crippen molar-refractivity contribution >= 4 is 21.9 Å². The van der Waals surface area contributed by atoms with E-state index in [0.717, 1.165) is 10.0 Å². The van der Waals surface area contributed by atoms with Crippen molar-refractivity contribution in [2.75, 3.05) is 13.7 Å². The molecule has 1 fully saturated rings. The van der Waals surface area contributed by atoms with Gasteiger partial charge in [-0.3, -0.25) is 4.79 Å². The molecule has 1 saturated carbocycles. The topological polar surface area (TPSA) is 55.8 Å². The molecule has 1 unspecified atom stereocenters. The summed E-state index contributed by atoms with van der Waals surface area (Å²) in [6.45, 7) is 2.41. The average molecular weight is 343 g/mol. The van der Waals surface area contributed by atoms with E-state index in [2.05, 4.69) is 15.9 Å². The second-order valence-electron chi connectivity index (χ2n) is 5.29. The van der Waals surface area contributed by atoms with Gasteiger partial charge in [0.1, 0.15) is 0 Å². The molecule has 0 radical (unpaired) electrons. The first kappa shape index (κ1) is 15.2. The van der Waals surface area contributed by atoms with Gasteiger partial charge in [0.15, 0.2) is 11.5 Å². The Morgan fingerprint density at radius 3 is 2.70 bits per heavy atom. The average Bonchev–Trinajstić information content (AvgIpc) is 3.22. The largest absolute Gasteiger partial charge is 0.493 e. The molecule has 0 heterocycles. The molecule has 1 N–H and O–H groups in total. The van der Waals surface area contributed by atoms with Gasteiger partial charge in [-0.15, -0.1) is 0 Å². The van der Waals surface area contributed by atoms with Crippen LogP contribution in [0.15, 0.2) is 16.6 Å². The van der Waals surface area contributed by atoms with Crippen LogP contribution in [0.4, 0.5) is 0 Å². The van der Waals surface area contributed by atoms with E-state index < -0.39 is 11.9 Å². The van der Waals surface area contributed by atoms with E-state index in [9.17, 15) is 4.79 Å². The van der Waals surface area contributed by atoms with Crippen molar-refractivity contribution in [2.45, 2.75) is 26.2 Å². The summed E-state index contributed by atoms with van der Waals surface area (Å²) in [5.41, 5.74) is 0.913. The number of rotatable bonds is 7. The third-order valence-corrected chi connectivity index (χ3v) is 4.19. The fraction of sp³-hybridized carbons (Fsp3) is 0.533. The van der Waals surface area contributed by atoms with Gasteiger partial charge in [-0.1, -0.05) is 22.9 Å². The number of aliphatic carboxylic acids is 1. The molecule has 0 spiro atoms. The Labute approximate surface area is 127 Å². The zero-order valence-corrected chi connectivity index (χ0v) is 13.3. The molecule has 1 aliphatic rings. The number of carbonyl (C=O) groups is 1. The van der Waals surface area contributed by atoms with Gasteiger partial charge in [0.25, 0.3) is 0 Å². The first-order chi connectivity index (χ1) is 9.51. The zero-order valence-electron chi connectivity index (χ0n) is 11.7. The molecule has 1 aromatic rings. The summed E-state index contributed by atoms with van der Waals surface area (Å²) >= 11 is 3.48. The highest BCUT2D eigenvalue weighted by molar-refractivity contribution is 9.10. The van der Waals surface area contributed by atoms with E-state index in [1.54, 1.807) is 14.0 Å². The molecule has 0 amide bonds. The van der Waals surface area contributed by atoms with Crippen molar-refractivity contribution in [1.82, 2.24) is 0 Å². The van der Waals surface area contributed by atoms with Crippen LogP contribution < -0.4 is 9.47 Å². The van der Waals surface area contributed by atoms with Crippen molar-refractivity contribution in [1.29, 1.82) is 0 Å². The zero-order chi connectivity index (χ0) is 14.7. The van der Waals surface area contributed by atoms with Crippen LogP contribution in [-0.4, -0.2) is 24.8 Å². The maximum absolute atomic E-state index is 10.9. The molecule has 4 nitrogen and oxygen atoms in total. The van der Waals surface area contributed by atoms with Crippen LogP contribution in [0.3, 0.4) is 0 Å². The Bertz CT molecular complexity index is 497. The van der Waals surface area contributed by atoms with Crippen LogP contribution in [0.1, 0.15) is 25.3 Å². The van der Waals surface area contributed by atoms with E-state index in [-0.39, 0.29) is 0 Å². The Balaban J connectivity index is 2.14. The van der Waals surface area contributed by atoms with Crippen LogP contribution >= 0.6 is 15.9 Å². The molecule has 5 heteroatoms. The first-order valence-electron chi connectivity index (χ1n) is 6.73. The molecule has 20 heavy (non-hydrogen) atoms. The molecule has 0 aliphatic heterocycles. The molecular formula is C15H19BrO4. The van der Waals surface area contributed by atoms with Gasteiger partial charge in [0.05, 0.1) is 19.6 Å². The Kier molecular flexibility index (Phi) is 4.91. The van der Waals surface area contributed by atoms with Gasteiger partial charge in [0.2, 0.25) is 0 Å². The van der Waals surface area contributed by atoms with Gasteiger partial charge >= 0.3 is 5.97 Å². The normalized spacial score (nSPS) is 15.8. The molecule has 110 valence electrons.